The van der Waals surface area contributed by atoms with Gasteiger partial charge < -0.3 is 0 Å². The van der Waals surface area contributed by atoms with E-state index >= 15 is 0 Å². The van der Waals surface area contributed by atoms with Crippen LogP contribution in [-0.2, 0) is 13.5 Å². The molecule has 0 aliphatic carbocycles. The van der Waals surface area contributed by atoms with Crippen LogP contribution in [0.2, 0.25) is 0 Å². The fourth-order valence-electron chi connectivity index (χ4n) is 1.22. The fraction of sp³-hybridized carbons (Fsp3) is 0.800. The summed E-state index contributed by atoms with van der Waals surface area (Å²) >= 11 is 3.71. The SMILES string of the molecule is Cn1cc(CCC(Br)C(C)(C)C)nn1. The van der Waals surface area contributed by atoms with Crippen LogP contribution in [0.3, 0.4) is 0 Å². The molecule has 1 aromatic rings. The van der Waals surface area contributed by atoms with Gasteiger partial charge in [0, 0.05) is 18.1 Å². The first-order chi connectivity index (χ1) is 6.39. The topological polar surface area (TPSA) is 30.7 Å². The summed E-state index contributed by atoms with van der Waals surface area (Å²) in [6, 6.07) is 0. The molecule has 80 valence electrons. The molecule has 0 bridgehead atoms. The van der Waals surface area contributed by atoms with Gasteiger partial charge >= 0.3 is 0 Å². The van der Waals surface area contributed by atoms with Crippen LogP contribution in [0.4, 0.5) is 0 Å². The third kappa shape index (κ3) is 3.40. The smallest absolute Gasteiger partial charge is 0.0827 e. The summed E-state index contributed by atoms with van der Waals surface area (Å²) < 4.78 is 1.75. The van der Waals surface area contributed by atoms with Crippen LogP contribution in [0.15, 0.2) is 6.20 Å². The first kappa shape index (κ1) is 11.7. The summed E-state index contributed by atoms with van der Waals surface area (Å²) in [6.45, 7) is 6.72. The van der Waals surface area contributed by atoms with Crippen LogP contribution in [0.25, 0.3) is 0 Å². The van der Waals surface area contributed by atoms with Gasteiger partial charge in [-0.2, -0.15) is 0 Å². The van der Waals surface area contributed by atoms with Crippen LogP contribution in [0.1, 0.15) is 32.9 Å². The molecule has 1 unspecified atom stereocenters. The molecule has 0 saturated heterocycles. The Morgan fingerprint density at radius 1 is 1.50 bits per heavy atom. The molecule has 14 heavy (non-hydrogen) atoms. The Labute approximate surface area is 94.0 Å². The van der Waals surface area contributed by atoms with Crippen molar-refractivity contribution in [3.63, 3.8) is 0 Å². The summed E-state index contributed by atoms with van der Waals surface area (Å²) in [4.78, 5) is 0.525. The van der Waals surface area contributed by atoms with Crippen molar-refractivity contribution in [1.82, 2.24) is 15.0 Å². The Balaban J connectivity index is 2.41. The number of alkyl halides is 1. The van der Waals surface area contributed by atoms with Gasteiger partial charge in [0.25, 0.3) is 0 Å². The highest BCUT2D eigenvalue weighted by atomic mass is 79.9. The minimum atomic E-state index is 0.308. The van der Waals surface area contributed by atoms with Gasteiger partial charge in [0.05, 0.1) is 5.69 Å². The van der Waals surface area contributed by atoms with Crippen LogP contribution >= 0.6 is 15.9 Å². The van der Waals surface area contributed by atoms with Crippen LogP contribution in [-0.4, -0.2) is 19.8 Å². The molecular weight excluding hydrogens is 242 g/mol. The number of hydrogen-bond acceptors (Lipinski definition) is 2. The molecule has 0 fully saturated rings. The third-order valence-electron chi connectivity index (χ3n) is 2.24. The highest BCUT2D eigenvalue weighted by Gasteiger charge is 2.21. The molecule has 1 heterocycles. The number of aromatic nitrogens is 3. The molecule has 1 aromatic heterocycles. The van der Waals surface area contributed by atoms with Crippen molar-refractivity contribution in [1.29, 1.82) is 0 Å². The Bertz CT molecular complexity index is 288. The second kappa shape index (κ2) is 4.43. The Kier molecular flexibility index (Phi) is 3.70. The van der Waals surface area contributed by atoms with Gasteiger partial charge in [0.15, 0.2) is 0 Å². The summed E-state index contributed by atoms with van der Waals surface area (Å²) in [7, 11) is 1.89. The fourth-order valence-corrected chi connectivity index (χ4v) is 1.45. The quantitative estimate of drug-likeness (QED) is 0.782. The van der Waals surface area contributed by atoms with E-state index in [0.29, 0.717) is 10.2 Å². The van der Waals surface area contributed by atoms with Gasteiger partial charge in [0.2, 0.25) is 0 Å². The maximum Gasteiger partial charge on any atom is 0.0827 e. The van der Waals surface area contributed by atoms with Crippen molar-refractivity contribution in [2.24, 2.45) is 12.5 Å². The molecule has 4 heteroatoms. The van der Waals surface area contributed by atoms with Crippen molar-refractivity contribution < 1.29 is 0 Å². The van der Waals surface area contributed by atoms with Gasteiger partial charge in [-0.25, -0.2) is 0 Å². The lowest BCUT2D eigenvalue weighted by Crippen LogP contribution is -2.20. The number of aryl methyl sites for hydroxylation is 2. The first-order valence-corrected chi connectivity index (χ1v) is 5.80. The van der Waals surface area contributed by atoms with E-state index < -0.39 is 0 Å². The van der Waals surface area contributed by atoms with Crippen molar-refractivity contribution in [2.75, 3.05) is 0 Å². The molecule has 0 N–H and O–H groups in total. The molecular formula is C10H18BrN3. The van der Waals surface area contributed by atoms with E-state index in [4.69, 9.17) is 0 Å². The van der Waals surface area contributed by atoms with Crippen molar-refractivity contribution in [2.45, 2.75) is 38.4 Å². The zero-order valence-corrected chi connectivity index (χ0v) is 10.9. The molecule has 0 spiro atoms. The van der Waals surface area contributed by atoms with E-state index in [-0.39, 0.29) is 0 Å². The van der Waals surface area contributed by atoms with Gasteiger partial charge in [0.1, 0.15) is 0 Å². The highest BCUT2D eigenvalue weighted by molar-refractivity contribution is 9.09. The average Bonchev–Trinajstić information content (AvgIpc) is 2.45. The molecule has 3 nitrogen and oxygen atoms in total. The lowest BCUT2D eigenvalue weighted by atomic mass is 9.89. The van der Waals surface area contributed by atoms with E-state index in [1.807, 2.05) is 13.2 Å². The molecule has 0 aliphatic rings. The Morgan fingerprint density at radius 2 is 2.14 bits per heavy atom. The van der Waals surface area contributed by atoms with Crippen molar-refractivity contribution >= 4 is 15.9 Å². The van der Waals surface area contributed by atoms with Crippen LogP contribution in [0.5, 0.6) is 0 Å². The summed E-state index contributed by atoms with van der Waals surface area (Å²) in [5.74, 6) is 0. The highest BCUT2D eigenvalue weighted by Crippen LogP contribution is 2.29. The monoisotopic (exact) mass is 259 g/mol. The normalized spacial score (nSPS) is 14.4. The molecule has 0 aliphatic heterocycles. The number of hydrogen-bond donors (Lipinski definition) is 0. The standard InChI is InChI=1S/C10H18BrN3/c1-10(2,3)9(11)6-5-8-7-14(4)13-12-8/h7,9H,5-6H2,1-4H3. The summed E-state index contributed by atoms with van der Waals surface area (Å²) in [6.07, 6.45) is 4.06. The van der Waals surface area contributed by atoms with Crippen LogP contribution < -0.4 is 0 Å². The van der Waals surface area contributed by atoms with Gasteiger partial charge in [-0.1, -0.05) is 41.9 Å². The lowest BCUT2D eigenvalue weighted by molar-refractivity contribution is 0.385. The molecule has 0 aromatic carbocycles. The van der Waals surface area contributed by atoms with Crippen LogP contribution in [0, 0.1) is 5.41 Å². The molecule has 0 radical (unpaired) electrons. The first-order valence-electron chi connectivity index (χ1n) is 4.89. The van der Waals surface area contributed by atoms with E-state index in [2.05, 4.69) is 47.0 Å². The maximum atomic E-state index is 4.06. The van der Waals surface area contributed by atoms with Gasteiger partial charge in [-0.3, -0.25) is 4.68 Å². The maximum absolute atomic E-state index is 4.06. The van der Waals surface area contributed by atoms with Gasteiger partial charge in [-0.05, 0) is 18.3 Å². The van der Waals surface area contributed by atoms with E-state index in [1.54, 1.807) is 4.68 Å². The number of nitrogens with zero attached hydrogens (tertiary/aromatic N) is 3. The second-order valence-corrected chi connectivity index (χ2v) is 5.86. The molecule has 0 amide bonds. The van der Waals surface area contributed by atoms with Gasteiger partial charge in [-0.15, -0.1) is 5.10 Å². The minimum Gasteiger partial charge on any atom is -0.255 e. The second-order valence-electron chi connectivity index (χ2n) is 4.76. The molecule has 1 rings (SSSR count). The van der Waals surface area contributed by atoms with E-state index in [9.17, 15) is 0 Å². The van der Waals surface area contributed by atoms with Crippen molar-refractivity contribution in [3.8, 4) is 0 Å². The predicted octanol–water partition coefficient (Wildman–Crippen LogP) is 2.56. The van der Waals surface area contributed by atoms with E-state index in [0.717, 1.165) is 18.5 Å². The lowest BCUT2D eigenvalue weighted by Gasteiger charge is -2.25. The largest absolute Gasteiger partial charge is 0.255 e. The summed E-state index contributed by atoms with van der Waals surface area (Å²) in [5, 5.41) is 7.97. The molecule has 0 saturated carbocycles. The zero-order valence-electron chi connectivity index (χ0n) is 9.29. The minimum absolute atomic E-state index is 0.308. The Morgan fingerprint density at radius 3 is 2.57 bits per heavy atom. The third-order valence-corrected chi connectivity index (χ3v) is 4.08. The zero-order chi connectivity index (χ0) is 10.8. The average molecular weight is 260 g/mol. The van der Waals surface area contributed by atoms with Crippen molar-refractivity contribution in [3.05, 3.63) is 11.9 Å². The number of halogens is 1. The molecule has 1 atom stereocenters. The number of rotatable bonds is 3. The Hall–Kier alpha value is -0.380. The predicted molar refractivity (Wildman–Crippen MR) is 61.5 cm³/mol. The summed E-state index contributed by atoms with van der Waals surface area (Å²) in [5.41, 5.74) is 1.38. The van der Waals surface area contributed by atoms with E-state index in [1.165, 1.54) is 0 Å².